The van der Waals surface area contributed by atoms with Crippen LogP contribution in [0.4, 0.5) is 5.69 Å². The molecule has 2 fully saturated rings. The molecule has 158 valence electrons. The standard InChI is InChI=1S/C20H25BrN2O5S/c1-2-28-20(25)15-4-3-8-22(12-15)29(26,27)18-11-17-14(10-16(18)21)7-9-23(17)19(24)13-5-6-13/h10-11,13,15H,2-9,12H2,1H3. The van der Waals surface area contributed by atoms with Crippen LogP contribution in [0.15, 0.2) is 21.5 Å². The van der Waals surface area contributed by atoms with E-state index in [4.69, 9.17) is 4.74 Å². The number of hydrogen-bond donors (Lipinski definition) is 0. The second-order valence-corrected chi connectivity index (χ2v) is 10.6. The summed E-state index contributed by atoms with van der Waals surface area (Å²) in [6.45, 7) is 3.10. The second kappa shape index (κ2) is 8.00. The number of benzene rings is 1. The molecule has 1 amide bonds. The van der Waals surface area contributed by atoms with Gasteiger partial charge in [-0.2, -0.15) is 4.31 Å². The molecular formula is C20H25BrN2O5S. The Kier molecular flexibility index (Phi) is 5.74. The van der Waals surface area contributed by atoms with Gasteiger partial charge in [-0.3, -0.25) is 9.59 Å². The zero-order valence-electron chi connectivity index (χ0n) is 16.4. The van der Waals surface area contributed by atoms with Gasteiger partial charge in [0.25, 0.3) is 0 Å². The molecule has 1 aromatic rings. The van der Waals surface area contributed by atoms with Gasteiger partial charge in [0, 0.05) is 35.7 Å². The molecule has 4 rings (SSSR count). The fourth-order valence-electron chi connectivity index (χ4n) is 4.12. The predicted octanol–water partition coefficient (Wildman–Crippen LogP) is 2.71. The molecule has 3 aliphatic rings. The number of amides is 1. The van der Waals surface area contributed by atoms with Gasteiger partial charge < -0.3 is 9.64 Å². The van der Waals surface area contributed by atoms with E-state index in [9.17, 15) is 18.0 Å². The second-order valence-electron chi connectivity index (χ2n) is 7.88. The average Bonchev–Trinajstić information content (AvgIpc) is 3.47. The Morgan fingerprint density at radius 3 is 2.62 bits per heavy atom. The number of sulfonamides is 1. The van der Waals surface area contributed by atoms with Crippen molar-refractivity contribution >= 4 is 43.5 Å². The summed E-state index contributed by atoms with van der Waals surface area (Å²) in [7, 11) is -3.81. The molecule has 9 heteroatoms. The van der Waals surface area contributed by atoms with Gasteiger partial charge in [0.2, 0.25) is 15.9 Å². The van der Waals surface area contributed by atoms with Crippen LogP contribution in [-0.4, -0.2) is 50.8 Å². The first-order valence-corrected chi connectivity index (χ1v) is 12.4. The monoisotopic (exact) mass is 484 g/mol. The summed E-state index contributed by atoms with van der Waals surface area (Å²) in [5, 5.41) is 0. The van der Waals surface area contributed by atoms with Crippen LogP contribution in [0.1, 0.15) is 38.2 Å². The Hall–Kier alpha value is -1.45. The average molecular weight is 485 g/mol. The van der Waals surface area contributed by atoms with E-state index in [1.54, 1.807) is 17.9 Å². The van der Waals surface area contributed by atoms with Crippen molar-refractivity contribution in [3.63, 3.8) is 0 Å². The Morgan fingerprint density at radius 2 is 1.93 bits per heavy atom. The van der Waals surface area contributed by atoms with Gasteiger partial charge in [0.05, 0.1) is 17.4 Å². The number of carbonyl (C=O) groups is 2. The third-order valence-electron chi connectivity index (χ3n) is 5.84. The van der Waals surface area contributed by atoms with Crippen molar-refractivity contribution in [3.8, 4) is 0 Å². The predicted molar refractivity (Wildman–Crippen MR) is 111 cm³/mol. The summed E-state index contributed by atoms with van der Waals surface area (Å²) in [4.78, 5) is 26.6. The zero-order chi connectivity index (χ0) is 20.8. The first kappa shape index (κ1) is 20.8. The maximum atomic E-state index is 13.4. The number of piperidine rings is 1. The van der Waals surface area contributed by atoms with Gasteiger partial charge in [0.15, 0.2) is 0 Å². The molecule has 2 aliphatic heterocycles. The Morgan fingerprint density at radius 1 is 1.17 bits per heavy atom. The number of carbonyl (C=O) groups excluding carboxylic acids is 2. The quantitative estimate of drug-likeness (QED) is 0.599. The highest BCUT2D eigenvalue weighted by atomic mass is 79.9. The third-order valence-corrected chi connectivity index (χ3v) is 8.67. The van der Waals surface area contributed by atoms with E-state index < -0.39 is 15.9 Å². The van der Waals surface area contributed by atoms with Crippen LogP contribution in [0, 0.1) is 11.8 Å². The molecule has 0 aromatic heterocycles. The number of fused-ring (bicyclic) bond motifs is 1. The van der Waals surface area contributed by atoms with E-state index in [-0.39, 0.29) is 35.8 Å². The number of esters is 1. The van der Waals surface area contributed by atoms with Gasteiger partial charge in [0.1, 0.15) is 0 Å². The third kappa shape index (κ3) is 3.96. The van der Waals surface area contributed by atoms with E-state index in [1.807, 2.05) is 6.07 Å². The summed E-state index contributed by atoms with van der Waals surface area (Å²) >= 11 is 3.42. The van der Waals surface area contributed by atoms with E-state index in [2.05, 4.69) is 15.9 Å². The van der Waals surface area contributed by atoms with Crippen molar-refractivity contribution in [1.82, 2.24) is 4.31 Å². The lowest BCUT2D eigenvalue weighted by Gasteiger charge is -2.31. The summed E-state index contributed by atoms with van der Waals surface area (Å²) in [5.41, 5.74) is 1.68. The van der Waals surface area contributed by atoms with E-state index in [0.29, 0.717) is 36.1 Å². The van der Waals surface area contributed by atoms with Gasteiger partial charge in [-0.05, 0) is 72.7 Å². The Balaban J connectivity index is 1.62. The number of hydrogen-bond acceptors (Lipinski definition) is 5. The van der Waals surface area contributed by atoms with Crippen molar-refractivity contribution in [3.05, 3.63) is 22.2 Å². The maximum absolute atomic E-state index is 13.4. The van der Waals surface area contributed by atoms with Crippen molar-refractivity contribution in [2.45, 2.75) is 43.9 Å². The van der Waals surface area contributed by atoms with Crippen LogP contribution in [-0.2, 0) is 30.8 Å². The van der Waals surface area contributed by atoms with Crippen LogP contribution in [0.5, 0.6) is 0 Å². The van der Waals surface area contributed by atoms with Gasteiger partial charge in [-0.1, -0.05) is 0 Å². The van der Waals surface area contributed by atoms with Crippen LogP contribution < -0.4 is 4.90 Å². The molecule has 29 heavy (non-hydrogen) atoms. The van der Waals surface area contributed by atoms with Crippen LogP contribution in [0.3, 0.4) is 0 Å². The first-order valence-electron chi connectivity index (χ1n) is 10.1. The van der Waals surface area contributed by atoms with Crippen LogP contribution in [0.25, 0.3) is 0 Å². The maximum Gasteiger partial charge on any atom is 0.310 e. The number of anilines is 1. The molecule has 1 saturated heterocycles. The fraction of sp³-hybridized carbons (Fsp3) is 0.600. The molecule has 7 nitrogen and oxygen atoms in total. The Labute approximate surface area is 179 Å². The highest BCUT2D eigenvalue weighted by molar-refractivity contribution is 9.10. The van der Waals surface area contributed by atoms with Gasteiger partial charge >= 0.3 is 5.97 Å². The molecule has 0 radical (unpaired) electrons. The normalized spacial score (nSPS) is 22.4. The van der Waals surface area contributed by atoms with E-state index in [1.165, 1.54) is 4.31 Å². The molecule has 1 unspecified atom stereocenters. The van der Waals surface area contributed by atoms with Gasteiger partial charge in [-0.25, -0.2) is 8.42 Å². The highest BCUT2D eigenvalue weighted by Gasteiger charge is 2.39. The SMILES string of the molecule is CCOC(=O)C1CCCN(S(=O)(=O)c2cc3c(cc2Br)CCN3C(=O)C2CC2)C1. The molecule has 1 aromatic carbocycles. The van der Waals surface area contributed by atoms with Gasteiger partial charge in [-0.15, -0.1) is 0 Å². The number of rotatable bonds is 5. The fourth-order valence-corrected chi connectivity index (χ4v) is 6.71. The minimum atomic E-state index is -3.81. The van der Waals surface area contributed by atoms with Crippen molar-refractivity contribution < 1.29 is 22.7 Å². The summed E-state index contributed by atoms with van der Waals surface area (Å²) < 4.78 is 33.7. The summed E-state index contributed by atoms with van der Waals surface area (Å²) in [6, 6.07) is 3.44. The summed E-state index contributed by atoms with van der Waals surface area (Å²) in [5.74, 6) is -0.618. The lowest BCUT2D eigenvalue weighted by molar-refractivity contribution is -0.149. The lowest BCUT2D eigenvalue weighted by atomic mass is 10.0. The summed E-state index contributed by atoms with van der Waals surface area (Å²) in [6.07, 6.45) is 3.78. The molecular weight excluding hydrogens is 460 g/mol. The zero-order valence-corrected chi connectivity index (χ0v) is 18.8. The largest absolute Gasteiger partial charge is 0.466 e. The van der Waals surface area contributed by atoms with E-state index in [0.717, 1.165) is 24.8 Å². The molecule has 0 bridgehead atoms. The number of halogens is 1. The molecule has 2 heterocycles. The van der Waals surface area contributed by atoms with Crippen LogP contribution >= 0.6 is 15.9 Å². The number of nitrogens with zero attached hydrogens (tertiary/aromatic N) is 2. The molecule has 0 N–H and O–H groups in total. The molecule has 1 atom stereocenters. The molecule has 0 spiro atoms. The first-order chi connectivity index (χ1) is 13.8. The van der Waals surface area contributed by atoms with Crippen molar-refractivity contribution in [2.24, 2.45) is 11.8 Å². The lowest BCUT2D eigenvalue weighted by Crippen LogP contribution is -2.42. The highest BCUT2D eigenvalue weighted by Crippen LogP contribution is 2.40. The topological polar surface area (TPSA) is 84.0 Å². The van der Waals surface area contributed by atoms with Crippen molar-refractivity contribution in [2.75, 3.05) is 31.1 Å². The Bertz CT molecular complexity index is 944. The number of ether oxygens (including phenoxy) is 1. The minimum Gasteiger partial charge on any atom is -0.466 e. The van der Waals surface area contributed by atoms with Crippen LogP contribution in [0.2, 0.25) is 0 Å². The minimum absolute atomic E-state index is 0.0806. The smallest absolute Gasteiger partial charge is 0.310 e. The van der Waals surface area contributed by atoms with Crippen molar-refractivity contribution in [1.29, 1.82) is 0 Å². The van der Waals surface area contributed by atoms with E-state index >= 15 is 0 Å². The molecule has 1 aliphatic carbocycles. The molecule has 1 saturated carbocycles.